The van der Waals surface area contributed by atoms with E-state index in [0.717, 1.165) is 17.0 Å². The van der Waals surface area contributed by atoms with Gasteiger partial charge in [-0.15, -0.1) is 0 Å². The summed E-state index contributed by atoms with van der Waals surface area (Å²) < 4.78 is 11.0. The lowest BCUT2D eigenvalue weighted by atomic mass is 10.1. The van der Waals surface area contributed by atoms with Crippen LogP contribution >= 0.6 is 0 Å². The average Bonchev–Trinajstić information content (AvgIpc) is 3.08. The molecule has 0 saturated heterocycles. The molecule has 1 amide bonds. The molecule has 6 heteroatoms. The highest BCUT2D eigenvalue weighted by atomic mass is 16.5. The molecule has 1 N–H and O–H groups in total. The Labute approximate surface area is 168 Å². The van der Waals surface area contributed by atoms with Gasteiger partial charge >= 0.3 is 0 Å². The van der Waals surface area contributed by atoms with Crippen LogP contribution in [0.5, 0.6) is 11.5 Å². The van der Waals surface area contributed by atoms with Gasteiger partial charge < -0.3 is 14.6 Å². The molecule has 2 aromatic heterocycles. The van der Waals surface area contributed by atoms with Crippen molar-refractivity contribution in [2.45, 2.75) is 13.8 Å². The predicted octanol–water partition coefficient (Wildman–Crippen LogP) is 5.40. The zero-order valence-corrected chi connectivity index (χ0v) is 16.0. The van der Waals surface area contributed by atoms with Gasteiger partial charge in [-0.3, -0.25) is 9.78 Å². The standard InChI is InChI=1S/C23H19N3O3/c1-15-22(16(2)29-26-15)21-14-17(12-13-24-21)23(27)25-18-8-10-20(11-9-18)28-19-6-4-3-5-7-19/h3-14H,1-2H3,(H,25,27). The predicted molar refractivity (Wildman–Crippen MR) is 110 cm³/mol. The van der Waals surface area contributed by atoms with Gasteiger partial charge in [0.1, 0.15) is 17.3 Å². The van der Waals surface area contributed by atoms with Crippen molar-refractivity contribution in [3.8, 4) is 22.8 Å². The number of hydrogen-bond donors (Lipinski definition) is 1. The van der Waals surface area contributed by atoms with E-state index in [4.69, 9.17) is 9.26 Å². The number of benzene rings is 2. The van der Waals surface area contributed by atoms with Crippen molar-refractivity contribution in [3.63, 3.8) is 0 Å². The van der Waals surface area contributed by atoms with Gasteiger partial charge in [0.15, 0.2) is 0 Å². The first-order valence-corrected chi connectivity index (χ1v) is 9.14. The first kappa shape index (κ1) is 18.4. The smallest absolute Gasteiger partial charge is 0.255 e. The summed E-state index contributed by atoms with van der Waals surface area (Å²) in [5.74, 6) is 1.89. The van der Waals surface area contributed by atoms with Crippen molar-refractivity contribution in [2.24, 2.45) is 0 Å². The molecule has 0 atom stereocenters. The van der Waals surface area contributed by atoms with Gasteiger partial charge in [-0.1, -0.05) is 23.4 Å². The summed E-state index contributed by atoms with van der Waals surface area (Å²) in [6.45, 7) is 3.67. The number of amides is 1. The average molecular weight is 385 g/mol. The lowest BCUT2D eigenvalue weighted by Gasteiger charge is -2.09. The van der Waals surface area contributed by atoms with E-state index in [0.29, 0.717) is 28.5 Å². The number of nitrogens with zero attached hydrogens (tertiary/aromatic N) is 2. The zero-order chi connectivity index (χ0) is 20.2. The molecule has 0 fully saturated rings. The first-order chi connectivity index (χ1) is 14.1. The van der Waals surface area contributed by atoms with Crippen LogP contribution in [0.25, 0.3) is 11.3 Å². The molecule has 0 unspecified atom stereocenters. The fourth-order valence-corrected chi connectivity index (χ4v) is 2.99. The number of carbonyl (C=O) groups is 1. The van der Waals surface area contributed by atoms with Crippen molar-refractivity contribution < 1.29 is 14.1 Å². The van der Waals surface area contributed by atoms with Gasteiger partial charge in [0.2, 0.25) is 0 Å². The SMILES string of the molecule is Cc1noc(C)c1-c1cc(C(=O)Nc2ccc(Oc3ccccc3)cc2)ccn1. The minimum atomic E-state index is -0.225. The molecule has 0 saturated carbocycles. The lowest BCUT2D eigenvalue weighted by molar-refractivity contribution is 0.102. The zero-order valence-electron chi connectivity index (χ0n) is 16.0. The van der Waals surface area contributed by atoms with Gasteiger partial charge in [0, 0.05) is 17.4 Å². The van der Waals surface area contributed by atoms with Crippen molar-refractivity contribution in [2.75, 3.05) is 5.32 Å². The van der Waals surface area contributed by atoms with Crippen LogP contribution in [0, 0.1) is 13.8 Å². The van der Waals surface area contributed by atoms with Gasteiger partial charge in [-0.05, 0) is 62.4 Å². The summed E-state index contributed by atoms with van der Waals surface area (Å²) in [6, 6.07) is 20.1. The van der Waals surface area contributed by atoms with E-state index in [1.807, 2.05) is 56.3 Å². The maximum Gasteiger partial charge on any atom is 0.255 e. The van der Waals surface area contributed by atoms with Crippen molar-refractivity contribution in [1.29, 1.82) is 0 Å². The highest BCUT2D eigenvalue weighted by molar-refractivity contribution is 6.04. The molecule has 0 spiro atoms. The second kappa shape index (κ2) is 7.98. The Bertz CT molecular complexity index is 1120. The molecule has 29 heavy (non-hydrogen) atoms. The maximum atomic E-state index is 12.7. The third-order valence-corrected chi connectivity index (χ3v) is 4.40. The summed E-state index contributed by atoms with van der Waals surface area (Å²) in [7, 11) is 0. The lowest BCUT2D eigenvalue weighted by Crippen LogP contribution is -2.12. The molecular weight excluding hydrogens is 366 g/mol. The first-order valence-electron chi connectivity index (χ1n) is 9.14. The van der Waals surface area contributed by atoms with E-state index < -0.39 is 0 Å². The number of para-hydroxylation sites is 1. The Morgan fingerprint density at radius 1 is 0.966 bits per heavy atom. The fourth-order valence-electron chi connectivity index (χ4n) is 2.99. The Morgan fingerprint density at radius 2 is 1.69 bits per heavy atom. The molecule has 6 nitrogen and oxygen atoms in total. The topological polar surface area (TPSA) is 77.2 Å². The number of aryl methyl sites for hydroxylation is 2. The Hall–Kier alpha value is -3.93. The van der Waals surface area contributed by atoms with Crippen molar-refractivity contribution in [1.82, 2.24) is 10.1 Å². The molecule has 144 valence electrons. The van der Waals surface area contributed by atoms with E-state index in [-0.39, 0.29) is 5.91 Å². The molecule has 0 bridgehead atoms. The molecule has 0 aliphatic heterocycles. The number of anilines is 1. The minimum absolute atomic E-state index is 0.225. The minimum Gasteiger partial charge on any atom is -0.457 e. The summed E-state index contributed by atoms with van der Waals surface area (Å²) in [4.78, 5) is 17.0. The summed E-state index contributed by atoms with van der Waals surface area (Å²) >= 11 is 0. The van der Waals surface area contributed by atoms with E-state index in [1.54, 1.807) is 30.5 Å². The molecule has 0 aliphatic rings. The maximum absolute atomic E-state index is 12.7. The van der Waals surface area contributed by atoms with Gasteiger partial charge in [-0.25, -0.2) is 0 Å². The molecule has 2 heterocycles. The summed E-state index contributed by atoms with van der Waals surface area (Å²) in [5.41, 5.74) is 3.37. The van der Waals surface area contributed by atoms with Crippen LogP contribution in [-0.2, 0) is 0 Å². The van der Waals surface area contributed by atoms with Crippen LogP contribution in [0.2, 0.25) is 0 Å². The third kappa shape index (κ3) is 4.16. The Morgan fingerprint density at radius 3 is 2.38 bits per heavy atom. The van der Waals surface area contributed by atoms with E-state index >= 15 is 0 Å². The Balaban J connectivity index is 1.48. The number of ether oxygens (including phenoxy) is 1. The number of pyridine rings is 1. The highest BCUT2D eigenvalue weighted by Gasteiger charge is 2.15. The van der Waals surface area contributed by atoms with Gasteiger partial charge in [-0.2, -0.15) is 0 Å². The van der Waals surface area contributed by atoms with E-state index in [9.17, 15) is 4.79 Å². The van der Waals surface area contributed by atoms with Crippen molar-refractivity contribution >= 4 is 11.6 Å². The highest BCUT2D eigenvalue weighted by Crippen LogP contribution is 2.26. The second-order valence-corrected chi connectivity index (χ2v) is 6.52. The number of rotatable bonds is 5. The number of carbonyl (C=O) groups excluding carboxylic acids is 1. The van der Waals surface area contributed by atoms with E-state index in [1.165, 1.54) is 0 Å². The van der Waals surface area contributed by atoms with Crippen LogP contribution in [0.15, 0.2) is 77.4 Å². The van der Waals surface area contributed by atoms with Crippen LogP contribution in [0.4, 0.5) is 5.69 Å². The number of aromatic nitrogens is 2. The third-order valence-electron chi connectivity index (χ3n) is 4.40. The van der Waals surface area contributed by atoms with Crippen molar-refractivity contribution in [3.05, 3.63) is 89.9 Å². The quantitative estimate of drug-likeness (QED) is 0.498. The molecule has 0 aliphatic carbocycles. The summed E-state index contributed by atoms with van der Waals surface area (Å²) in [6.07, 6.45) is 1.60. The molecule has 2 aromatic carbocycles. The normalized spacial score (nSPS) is 10.6. The van der Waals surface area contributed by atoms with Crippen LogP contribution in [-0.4, -0.2) is 16.0 Å². The van der Waals surface area contributed by atoms with Gasteiger partial charge in [0.25, 0.3) is 5.91 Å². The van der Waals surface area contributed by atoms with Crippen LogP contribution in [0.1, 0.15) is 21.8 Å². The van der Waals surface area contributed by atoms with E-state index in [2.05, 4.69) is 15.5 Å². The monoisotopic (exact) mass is 385 g/mol. The molecule has 4 aromatic rings. The largest absolute Gasteiger partial charge is 0.457 e. The fraction of sp³-hybridized carbons (Fsp3) is 0.0870. The summed E-state index contributed by atoms with van der Waals surface area (Å²) in [5, 5.41) is 6.84. The molecular formula is C23H19N3O3. The van der Waals surface area contributed by atoms with Crippen LogP contribution < -0.4 is 10.1 Å². The van der Waals surface area contributed by atoms with Crippen LogP contribution in [0.3, 0.4) is 0 Å². The molecule has 4 rings (SSSR count). The molecule has 0 radical (unpaired) electrons. The van der Waals surface area contributed by atoms with Gasteiger partial charge in [0.05, 0.1) is 17.0 Å². The second-order valence-electron chi connectivity index (χ2n) is 6.52. The Kier molecular flexibility index (Phi) is 5.07. The number of hydrogen-bond acceptors (Lipinski definition) is 5. The number of nitrogens with one attached hydrogen (secondary N) is 1.